The molecule has 1 heterocycles. The van der Waals surface area contributed by atoms with E-state index in [2.05, 4.69) is 15.6 Å². The van der Waals surface area contributed by atoms with Crippen molar-refractivity contribution in [3.63, 3.8) is 0 Å². The molecule has 0 unspecified atom stereocenters. The van der Waals surface area contributed by atoms with E-state index in [9.17, 15) is 0 Å². The Morgan fingerprint density at radius 1 is 1.43 bits per heavy atom. The first-order valence-electron chi connectivity index (χ1n) is 4.86. The molecule has 0 aliphatic rings. The van der Waals surface area contributed by atoms with Gasteiger partial charge < -0.3 is 16.4 Å². The summed E-state index contributed by atoms with van der Waals surface area (Å²) in [5.41, 5.74) is 7.71. The normalized spacial score (nSPS) is 10.4. The summed E-state index contributed by atoms with van der Waals surface area (Å²) in [6, 6.07) is 3.98. The highest BCUT2D eigenvalue weighted by Crippen LogP contribution is 1.99. The molecule has 0 atom stereocenters. The molecule has 0 bridgehead atoms. The molecule has 0 aromatic carbocycles. The van der Waals surface area contributed by atoms with E-state index in [4.69, 9.17) is 5.73 Å². The van der Waals surface area contributed by atoms with Crippen LogP contribution < -0.4 is 16.4 Å². The maximum atomic E-state index is 5.54. The molecule has 0 aliphatic heterocycles. The van der Waals surface area contributed by atoms with Gasteiger partial charge in [0.1, 0.15) is 0 Å². The number of nitrogens with zero attached hydrogens (tertiary/aromatic N) is 1. The van der Waals surface area contributed by atoms with Crippen LogP contribution in [0.5, 0.6) is 0 Å². The number of nitrogens with two attached hydrogens (primary N) is 1. The summed E-state index contributed by atoms with van der Waals surface area (Å²) in [4.78, 5) is 4.25. The fourth-order valence-corrected chi connectivity index (χ4v) is 1.18. The second kappa shape index (κ2) is 6.48. The molecule has 4 N–H and O–H groups in total. The van der Waals surface area contributed by atoms with Gasteiger partial charge >= 0.3 is 0 Å². The van der Waals surface area contributed by atoms with Gasteiger partial charge in [0.15, 0.2) is 0 Å². The van der Waals surface area contributed by atoms with Crippen LogP contribution in [0.25, 0.3) is 0 Å². The van der Waals surface area contributed by atoms with Crippen molar-refractivity contribution in [2.24, 2.45) is 5.73 Å². The van der Waals surface area contributed by atoms with Gasteiger partial charge in [-0.25, -0.2) is 0 Å². The summed E-state index contributed by atoms with van der Waals surface area (Å²) < 4.78 is 0. The highest BCUT2D eigenvalue weighted by atomic mass is 14.9. The van der Waals surface area contributed by atoms with Crippen molar-refractivity contribution >= 4 is 0 Å². The van der Waals surface area contributed by atoms with Gasteiger partial charge in [-0.3, -0.25) is 4.98 Å². The minimum absolute atomic E-state index is 0.575. The molecule has 0 fully saturated rings. The number of likely N-dealkylation sites (N-methyl/N-ethyl adjacent to an activating group) is 1. The average Bonchev–Trinajstić information content (AvgIpc) is 2.25. The van der Waals surface area contributed by atoms with Crippen LogP contribution in [0, 0.1) is 0 Å². The third-order valence-corrected chi connectivity index (χ3v) is 1.97. The van der Waals surface area contributed by atoms with Crippen LogP contribution in [-0.4, -0.2) is 25.1 Å². The number of hydrogen-bond donors (Lipinski definition) is 3. The Balaban J connectivity index is 2.34. The maximum Gasteiger partial charge on any atom is 0.0544 e. The molecule has 0 spiro atoms. The Morgan fingerprint density at radius 3 is 3.00 bits per heavy atom. The quantitative estimate of drug-likeness (QED) is 0.551. The predicted octanol–water partition coefficient (Wildman–Crippen LogP) is -0.151. The number of nitrogens with one attached hydrogen (secondary N) is 2. The van der Waals surface area contributed by atoms with Crippen LogP contribution in [0.15, 0.2) is 18.3 Å². The van der Waals surface area contributed by atoms with E-state index in [1.807, 2.05) is 19.2 Å². The summed E-state index contributed by atoms with van der Waals surface area (Å²) in [7, 11) is 1.94. The van der Waals surface area contributed by atoms with Crippen LogP contribution in [0.1, 0.15) is 11.3 Å². The van der Waals surface area contributed by atoms with Crippen molar-refractivity contribution in [2.45, 2.75) is 13.1 Å². The molecule has 1 aromatic heterocycles. The lowest BCUT2D eigenvalue weighted by Crippen LogP contribution is -2.24. The molecule has 1 rings (SSSR count). The Kier molecular flexibility index (Phi) is 5.14. The Bertz CT molecular complexity index is 262. The van der Waals surface area contributed by atoms with Crippen molar-refractivity contribution in [1.82, 2.24) is 15.6 Å². The van der Waals surface area contributed by atoms with E-state index in [-0.39, 0.29) is 0 Å². The van der Waals surface area contributed by atoms with Gasteiger partial charge in [-0.15, -0.1) is 0 Å². The number of aromatic nitrogens is 1. The largest absolute Gasteiger partial charge is 0.326 e. The first-order valence-corrected chi connectivity index (χ1v) is 4.86. The first kappa shape index (κ1) is 11.1. The van der Waals surface area contributed by atoms with E-state index in [0.29, 0.717) is 6.54 Å². The molecule has 14 heavy (non-hydrogen) atoms. The van der Waals surface area contributed by atoms with E-state index in [0.717, 1.165) is 30.9 Å². The summed E-state index contributed by atoms with van der Waals surface area (Å²) in [5.74, 6) is 0. The van der Waals surface area contributed by atoms with E-state index in [1.165, 1.54) is 0 Å². The topological polar surface area (TPSA) is 63.0 Å². The molecule has 4 nitrogen and oxygen atoms in total. The van der Waals surface area contributed by atoms with Crippen molar-refractivity contribution in [3.8, 4) is 0 Å². The second-order valence-corrected chi connectivity index (χ2v) is 3.14. The lowest BCUT2D eigenvalue weighted by molar-refractivity contribution is 0.642. The minimum atomic E-state index is 0.575. The summed E-state index contributed by atoms with van der Waals surface area (Å²) in [5, 5.41) is 6.36. The Morgan fingerprint density at radius 2 is 2.29 bits per heavy atom. The van der Waals surface area contributed by atoms with Crippen LogP contribution in [0.2, 0.25) is 0 Å². The molecular weight excluding hydrogens is 176 g/mol. The smallest absolute Gasteiger partial charge is 0.0544 e. The lowest BCUT2D eigenvalue weighted by atomic mass is 10.2. The van der Waals surface area contributed by atoms with Crippen molar-refractivity contribution < 1.29 is 0 Å². The molecule has 0 saturated carbocycles. The number of rotatable bonds is 6. The van der Waals surface area contributed by atoms with Crippen LogP contribution in [0.3, 0.4) is 0 Å². The highest BCUT2D eigenvalue weighted by Gasteiger charge is 1.95. The molecule has 78 valence electrons. The molecule has 0 saturated heterocycles. The average molecular weight is 194 g/mol. The number of hydrogen-bond acceptors (Lipinski definition) is 4. The van der Waals surface area contributed by atoms with Gasteiger partial charge in [0.2, 0.25) is 0 Å². The van der Waals surface area contributed by atoms with Crippen LogP contribution in [0.4, 0.5) is 0 Å². The SMILES string of the molecule is CNCCNCc1cc(CN)ccn1. The fourth-order valence-electron chi connectivity index (χ4n) is 1.18. The standard InChI is InChI=1S/C10H18N4/c1-12-4-5-13-8-10-6-9(7-11)2-3-14-10/h2-3,6,12-13H,4-5,7-8,11H2,1H3. The zero-order chi connectivity index (χ0) is 10.2. The molecular formula is C10H18N4. The monoisotopic (exact) mass is 194 g/mol. The van der Waals surface area contributed by atoms with Gasteiger partial charge in [-0.2, -0.15) is 0 Å². The van der Waals surface area contributed by atoms with Crippen molar-refractivity contribution in [3.05, 3.63) is 29.6 Å². The van der Waals surface area contributed by atoms with Gasteiger partial charge in [-0.05, 0) is 24.7 Å². The molecule has 0 amide bonds. The zero-order valence-corrected chi connectivity index (χ0v) is 8.59. The van der Waals surface area contributed by atoms with Crippen molar-refractivity contribution in [2.75, 3.05) is 20.1 Å². The summed E-state index contributed by atoms with van der Waals surface area (Å²) in [6.07, 6.45) is 1.80. The summed E-state index contributed by atoms with van der Waals surface area (Å²) in [6.45, 7) is 3.29. The third-order valence-electron chi connectivity index (χ3n) is 1.97. The fraction of sp³-hybridized carbons (Fsp3) is 0.500. The summed E-state index contributed by atoms with van der Waals surface area (Å²) >= 11 is 0. The maximum absolute atomic E-state index is 5.54. The number of pyridine rings is 1. The molecule has 4 heteroatoms. The zero-order valence-electron chi connectivity index (χ0n) is 8.59. The Hall–Kier alpha value is -0.970. The van der Waals surface area contributed by atoms with E-state index >= 15 is 0 Å². The van der Waals surface area contributed by atoms with Crippen LogP contribution in [-0.2, 0) is 13.1 Å². The minimum Gasteiger partial charge on any atom is -0.326 e. The molecule has 1 aromatic rings. The van der Waals surface area contributed by atoms with Crippen LogP contribution >= 0.6 is 0 Å². The van der Waals surface area contributed by atoms with Gasteiger partial charge in [0, 0.05) is 32.4 Å². The van der Waals surface area contributed by atoms with Gasteiger partial charge in [-0.1, -0.05) is 0 Å². The highest BCUT2D eigenvalue weighted by molar-refractivity contribution is 5.15. The van der Waals surface area contributed by atoms with Gasteiger partial charge in [0.25, 0.3) is 0 Å². The second-order valence-electron chi connectivity index (χ2n) is 3.14. The van der Waals surface area contributed by atoms with Crippen molar-refractivity contribution in [1.29, 1.82) is 0 Å². The molecule has 0 aliphatic carbocycles. The Labute approximate surface area is 84.9 Å². The lowest BCUT2D eigenvalue weighted by Gasteiger charge is -2.04. The van der Waals surface area contributed by atoms with Gasteiger partial charge in [0.05, 0.1) is 5.69 Å². The van der Waals surface area contributed by atoms with E-state index < -0.39 is 0 Å². The van der Waals surface area contributed by atoms with E-state index in [1.54, 1.807) is 6.20 Å². The molecule has 0 radical (unpaired) electrons. The first-order chi connectivity index (χ1) is 6.86. The predicted molar refractivity (Wildman–Crippen MR) is 57.8 cm³/mol. The third kappa shape index (κ3) is 3.83.